The monoisotopic (exact) mass is 341 g/mol. The molecule has 1 aliphatic heterocycles. The maximum Gasteiger partial charge on any atom is 0.245 e. The summed E-state index contributed by atoms with van der Waals surface area (Å²) in [7, 11) is 0. The van der Waals surface area contributed by atoms with Crippen molar-refractivity contribution in [2.45, 2.75) is 51.5 Å². The summed E-state index contributed by atoms with van der Waals surface area (Å²) in [5, 5.41) is 11.4. The second-order valence-electron chi connectivity index (χ2n) is 7.09. The smallest absolute Gasteiger partial charge is 0.245 e. The third-order valence-corrected chi connectivity index (χ3v) is 4.66. The van der Waals surface area contributed by atoms with Crippen LogP contribution in [0.3, 0.4) is 0 Å². The normalized spacial score (nSPS) is 16.3. The van der Waals surface area contributed by atoms with E-state index >= 15 is 0 Å². The lowest BCUT2D eigenvalue weighted by Gasteiger charge is -2.35. The van der Waals surface area contributed by atoms with E-state index in [1.54, 1.807) is 0 Å². The van der Waals surface area contributed by atoms with Crippen LogP contribution in [0.25, 0.3) is 0 Å². The second-order valence-corrected chi connectivity index (χ2v) is 7.09. The Balaban J connectivity index is 1.95. The molecule has 1 N–H and O–H groups in total. The van der Waals surface area contributed by atoms with Crippen molar-refractivity contribution >= 4 is 11.8 Å². The molecule has 1 heterocycles. The molecule has 2 amide bonds. The Kier molecular flexibility index (Phi) is 7.00. The summed E-state index contributed by atoms with van der Waals surface area (Å²) in [5.41, 5.74) is 1.33. The van der Waals surface area contributed by atoms with E-state index in [1.807, 2.05) is 30.9 Å². The number of carbonyl (C=O) groups is 2. The highest BCUT2D eigenvalue weighted by Crippen LogP contribution is 2.28. The van der Waals surface area contributed by atoms with Crippen LogP contribution in [0.2, 0.25) is 0 Å². The minimum atomic E-state index is -0.533. The van der Waals surface area contributed by atoms with Crippen molar-refractivity contribution in [2.24, 2.45) is 5.92 Å². The number of hydrogen-bond donors (Lipinski definition) is 1. The highest BCUT2D eigenvalue weighted by Gasteiger charge is 2.30. The number of likely N-dealkylation sites (tertiary alicyclic amines) is 1. The standard InChI is InChI=1S/C20H27N3O2/c1-15(2)14-18(22-19(24)8-11-21)20(25)23-12-9-17(10-13-23)16-6-4-3-5-7-16/h3-7,15,17-18H,8-10,12-14H2,1-2H3,(H,22,24). The van der Waals surface area contributed by atoms with Crippen molar-refractivity contribution in [2.75, 3.05) is 13.1 Å². The minimum Gasteiger partial charge on any atom is -0.343 e. The molecule has 0 saturated carbocycles. The molecule has 1 unspecified atom stereocenters. The van der Waals surface area contributed by atoms with Crippen molar-refractivity contribution in [1.82, 2.24) is 10.2 Å². The molecule has 5 nitrogen and oxygen atoms in total. The second kappa shape index (κ2) is 9.22. The molecule has 1 aliphatic rings. The van der Waals surface area contributed by atoms with Gasteiger partial charge in [0.2, 0.25) is 11.8 Å². The summed E-state index contributed by atoms with van der Waals surface area (Å²) >= 11 is 0. The molecule has 1 aromatic carbocycles. The molecular weight excluding hydrogens is 314 g/mol. The van der Waals surface area contributed by atoms with Gasteiger partial charge in [0.15, 0.2) is 0 Å². The highest BCUT2D eigenvalue weighted by molar-refractivity contribution is 5.88. The summed E-state index contributed by atoms with van der Waals surface area (Å²) in [6.45, 7) is 5.47. The number of nitriles is 1. The first kappa shape index (κ1) is 19.0. The Labute approximate surface area is 150 Å². The molecule has 0 aliphatic carbocycles. The number of rotatable bonds is 6. The Hall–Kier alpha value is -2.35. The van der Waals surface area contributed by atoms with Crippen LogP contribution in [-0.4, -0.2) is 35.8 Å². The lowest BCUT2D eigenvalue weighted by Crippen LogP contribution is -2.51. The summed E-state index contributed by atoms with van der Waals surface area (Å²) in [6.07, 6.45) is 2.26. The van der Waals surface area contributed by atoms with Crippen molar-refractivity contribution in [3.8, 4) is 6.07 Å². The van der Waals surface area contributed by atoms with Crippen molar-refractivity contribution < 1.29 is 9.59 Å². The van der Waals surface area contributed by atoms with E-state index in [9.17, 15) is 9.59 Å². The van der Waals surface area contributed by atoms with E-state index in [4.69, 9.17) is 5.26 Å². The maximum absolute atomic E-state index is 12.8. The Bertz CT molecular complexity index is 614. The molecule has 2 rings (SSSR count). The predicted molar refractivity (Wildman–Crippen MR) is 96.6 cm³/mol. The largest absolute Gasteiger partial charge is 0.343 e. The Morgan fingerprint density at radius 3 is 2.44 bits per heavy atom. The molecule has 1 atom stereocenters. The van der Waals surface area contributed by atoms with Crippen LogP contribution in [0.15, 0.2) is 30.3 Å². The van der Waals surface area contributed by atoms with E-state index in [0.717, 1.165) is 12.8 Å². The van der Waals surface area contributed by atoms with Gasteiger partial charge in [-0.25, -0.2) is 0 Å². The van der Waals surface area contributed by atoms with Gasteiger partial charge in [0.1, 0.15) is 12.5 Å². The van der Waals surface area contributed by atoms with Crippen LogP contribution in [-0.2, 0) is 9.59 Å². The van der Waals surface area contributed by atoms with E-state index in [2.05, 4.69) is 29.6 Å². The van der Waals surface area contributed by atoms with Crippen LogP contribution < -0.4 is 5.32 Å². The van der Waals surface area contributed by atoms with Gasteiger partial charge in [0, 0.05) is 13.1 Å². The SMILES string of the molecule is CC(C)CC(NC(=O)CC#N)C(=O)N1CCC(c2ccccc2)CC1. The average molecular weight is 341 g/mol. The molecule has 0 spiro atoms. The van der Waals surface area contributed by atoms with E-state index in [1.165, 1.54) is 5.56 Å². The van der Waals surface area contributed by atoms with Crippen molar-refractivity contribution in [1.29, 1.82) is 5.26 Å². The van der Waals surface area contributed by atoms with Gasteiger partial charge in [-0.2, -0.15) is 5.26 Å². The summed E-state index contributed by atoms with van der Waals surface area (Å²) in [4.78, 5) is 26.5. The van der Waals surface area contributed by atoms with Crippen LogP contribution >= 0.6 is 0 Å². The molecule has 0 radical (unpaired) electrons. The molecule has 1 aromatic rings. The number of nitrogens with one attached hydrogen (secondary N) is 1. The minimum absolute atomic E-state index is 0.0218. The first-order valence-electron chi connectivity index (χ1n) is 9.01. The quantitative estimate of drug-likeness (QED) is 0.864. The maximum atomic E-state index is 12.8. The fraction of sp³-hybridized carbons (Fsp3) is 0.550. The lowest BCUT2D eigenvalue weighted by molar-refractivity contribution is -0.137. The van der Waals surface area contributed by atoms with E-state index in [-0.39, 0.29) is 24.2 Å². The summed E-state index contributed by atoms with van der Waals surface area (Å²) in [6, 6.07) is 11.7. The number of piperidine rings is 1. The first-order chi connectivity index (χ1) is 12.0. The fourth-order valence-corrected chi connectivity index (χ4v) is 3.39. The van der Waals surface area contributed by atoms with Gasteiger partial charge in [0.25, 0.3) is 0 Å². The predicted octanol–water partition coefficient (Wildman–Crippen LogP) is 2.84. The highest BCUT2D eigenvalue weighted by atomic mass is 16.2. The number of carbonyl (C=O) groups excluding carboxylic acids is 2. The molecule has 1 fully saturated rings. The zero-order valence-electron chi connectivity index (χ0n) is 15.1. The fourth-order valence-electron chi connectivity index (χ4n) is 3.39. The molecule has 25 heavy (non-hydrogen) atoms. The molecule has 5 heteroatoms. The third-order valence-electron chi connectivity index (χ3n) is 4.66. The average Bonchev–Trinajstić information content (AvgIpc) is 2.61. The van der Waals surface area contributed by atoms with E-state index < -0.39 is 6.04 Å². The zero-order chi connectivity index (χ0) is 18.2. The van der Waals surface area contributed by atoms with Crippen LogP contribution in [0.4, 0.5) is 0 Å². The van der Waals surface area contributed by atoms with Gasteiger partial charge >= 0.3 is 0 Å². The molecule has 1 saturated heterocycles. The summed E-state index contributed by atoms with van der Waals surface area (Å²) in [5.74, 6) is 0.382. The van der Waals surface area contributed by atoms with Gasteiger partial charge in [-0.1, -0.05) is 44.2 Å². The third kappa shape index (κ3) is 5.60. The lowest BCUT2D eigenvalue weighted by atomic mass is 9.89. The van der Waals surface area contributed by atoms with Gasteiger partial charge < -0.3 is 10.2 Å². The van der Waals surface area contributed by atoms with Crippen LogP contribution in [0.1, 0.15) is 51.0 Å². The number of benzene rings is 1. The van der Waals surface area contributed by atoms with Gasteiger partial charge in [-0.15, -0.1) is 0 Å². The van der Waals surface area contributed by atoms with Crippen molar-refractivity contribution in [3.63, 3.8) is 0 Å². The zero-order valence-corrected chi connectivity index (χ0v) is 15.1. The number of hydrogen-bond acceptors (Lipinski definition) is 3. The Morgan fingerprint density at radius 1 is 1.24 bits per heavy atom. The number of nitrogens with zero attached hydrogens (tertiary/aromatic N) is 2. The van der Waals surface area contributed by atoms with Gasteiger partial charge in [0.05, 0.1) is 6.07 Å². The van der Waals surface area contributed by atoms with E-state index in [0.29, 0.717) is 25.4 Å². The van der Waals surface area contributed by atoms with Crippen molar-refractivity contribution in [3.05, 3.63) is 35.9 Å². The van der Waals surface area contributed by atoms with Gasteiger partial charge in [-0.05, 0) is 36.7 Å². The first-order valence-corrected chi connectivity index (χ1v) is 9.01. The summed E-state index contributed by atoms with van der Waals surface area (Å²) < 4.78 is 0. The molecule has 0 aromatic heterocycles. The van der Waals surface area contributed by atoms with Gasteiger partial charge in [-0.3, -0.25) is 9.59 Å². The molecular formula is C20H27N3O2. The molecule has 0 bridgehead atoms. The Morgan fingerprint density at radius 2 is 1.88 bits per heavy atom. The molecule has 134 valence electrons. The number of amides is 2. The van der Waals surface area contributed by atoms with Crippen LogP contribution in [0.5, 0.6) is 0 Å². The topological polar surface area (TPSA) is 73.2 Å². The van der Waals surface area contributed by atoms with Crippen LogP contribution in [0, 0.1) is 17.2 Å².